The zero-order chi connectivity index (χ0) is 14.0. The molecule has 7 nitrogen and oxygen atoms in total. The highest BCUT2D eigenvalue weighted by atomic mass is 32.2. The number of anilines is 1. The lowest BCUT2D eigenvalue weighted by atomic mass is 10.2. The highest BCUT2D eigenvalue weighted by Gasteiger charge is 2.18. The van der Waals surface area contributed by atoms with E-state index in [1.54, 1.807) is 31.4 Å². The number of hydrogen-bond acceptors (Lipinski definition) is 6. The van der Waals surface area contributed by atoms with Crippen LogP contribution in [0.5, 0.6) is 5.75 Å². The van der Waals surface area contributed by atoms with E-state index in [1.165, 1.54) is 6.92 Å². The van der Waals surface area contributed by atoms with Gasteiger partial charge in [0.1, 0.15) is 5.75 Å². The molecule has 0 unspecified atom stereocenters. The molecule has 0 saturated carbocycles. The summed E-state index contributed by atoms with van der Waals surface area (Å²) in [4.78, 5) is 3.96. The van der Waals surface area contributed by atoms with E-state index in [1.807, 2.05) is 0 Å². The summed E-state index contributed by atoms with van der Waals surface area (Å²) in [5, 5.41) is 3.93. The maximum absolute atomic E-state index is 11.7. The first-order chi connectivity index (χ1) is 8.97. The van der Waals surface area contributed by atoms with Gasteiger partial charge in [-0.15, -0.1) is 9.19 Å². The van der Waals surface area contributed by atoms with Crippen molar-refractivity contribution in [1.29, 1.82) is 0 Å². The van der Waals surface area contributed by atoms with Crippen LogP contribution in [0.1, 0.15) is 6.92 Å². The average Bonchev–Trinajstić information content (AvgIpc) is 2.82. The molecule has 0 saturated heterocycles. The molecule has 0 spiro atoms. The van der Waals surface area contributed by atoms with Gasteiger partial charge in [0.2, 0.25) is 5.95 Å². The van der Waals surface area contributed by atoms with Crippen LogP contribution in [-0.2, 0) is 10.0 Å². The molecule has 0 radical (unpaired) electrons. The number of nitrogens with zero attached hydrogens (tertiary/aromatic N) is 3. The molecule has 0 aliphatic heterocycles. The van der Waals surface area contributed by atoms with Gasteiger partial charge in [0.25, 0.3) is 10.0 Å². The van der Waals surface area contributed by atoms with E-state index < -0.39 is 10.0 Å². The lowest BCUT2D eigenvalue weighted by Crippen LogP contribution is -2.18. The Balaban J connectivity index is 2.44. The summed E-state index contributed by atoms with van der Waals surface area (Å²) in [5.41, 5.74) is 6.25. The van der Waals surface area contributed by atoms with Crippen molar-refractivity contribution in [3.05, 3.63) is 24.3 Å². The van der Waals surface area contributed by atoms with Gasteiger partial charge in [-0.05, 0) is 31.2 Å². The SMILES string of the molecule is CCS(=O)(=O)n1nc(-c2ccc(OC)cc2)nc1N. The van der Waals surface area contributed by atoms with Crippen LogP contribution in [0.25, 0.3) is 11.4 Å². The van der Waals surface area contributed by atoms with Gasteiger partial charge in [-0.1, -0.05) is 0 Å². The molecule has 0 aliphatic carbocycles. The molecular weight excluding hydrogens is 268 g/mol. The van der Waals surface area contributed by atoms with Crippen LogP contribution in [-0.4, -0.2) is 35.5 Å². The molecule has 1 aromatic heterocycles. The maximum Gasteiger partial charge on any atom is 0.256 e. The van der Waals surface area contributed by atoms with Crippen molar-refractivity contribution in [3.8, 4) is 17.1 Å². The predicted molar refractivity (Wildman–Crippen MR) is 71.3 cm³/mol. The smallest absolute Gasteiger partial charge is 0.256 e. The normalized spacial score (nSPS) is 11.5. The van der Waals surface area contributed by atoms with Crippen LogP contribution < -0.4 is 10.5 Å². The Morgan fingerprint density at radius 2 is 1.95 bits per heavy atom. The van der Waals surface area contributed by atoms with Crippen LogP contribution in [0.15, 0.2) is 24.3 Å². The van der Waals surface area contributed by atoms with Crippen molar-refractivity contribution in [3.63, 3.8) is 0 Å². The average molecular weight is 282 g/mol. The third kappa shape index (κ3) is 2.53. The van der Waals surface area contributed by atoms with Gasteiger partial charge in [-0.25, -0.2) is 8.42 Å². The fraction of sp³-hybridized carbons (Fsp3) is 0.273. The van der Waals surface area contributed by atoms with Crippen molar-refractivity contribution in [2.75, 3.05) is 18.6 Å². The van der Waals surface area contributed by atoms with Crippen molar-refractivity contribution in [1.82, 2.24) is 14.2 Å². The molecule has 0 bridgehead atoms. The van der Waals surface area contributed by atoms with Gasteiger partial charge in [-0.3, -0.25) is 0 Å². The van der Waals surface area contributed by atoms with Gasteiger partial charge in [0.15, 0.2) is 5.82 Å². The van der Waals surface area contributed by atoms with Crippen molar-refractivity contribution in [2.45, 2.75) is 6.92 Å². The monoisotopic (exact) mass is 282 g/mol. The van der Waals surface area contributed by atoms with E-state index >= 15 is 0 Å². The number of aromatic nitrogens is 3. The second-order valence-electron chi connectivity index (χ2n) is 3.77. The first-order valence-electron chi connectivity index (χ1n) is 5.58. The number of rotatable bonds is 4. The van der Waals surface area contributed by atoms with Gasteiger partial charge >= 0.3 is 0 Å². The fourth-order valence-electron chi connectivity index (χ4n) is 1.50. The predicted octanol–water partition coefficient (Wildman–Crippen LogP) is 0.734. The van der Waals surface area contributed by atoms with Gasteiger partial charge in [-0.2, -0.15) is 4.98 Å². The van der Waals surface area contributed by atoms with Crippen molar-refractivity contribution >= 4 is 16.0 Å². The van der Waals surface area contributed by atoms with Gasteiger partial charge in [0.05, 0.1) is 12.9 Å². The first kappa shape index (κ1) is 13.3. The first-order valence-corrected chi connectivity index (χ1v) is 7.19. The number of methoxy groups -OCH3 is 1. The number of nitrogens with two attached hydrogens (primary N) is 1. The van der Waals surface area contributed by atoms with Gasteiger partial charge in [0, 0.05) is 5.56 Å². The molecule has 1 heterocycles. The number of hydrogen-bond donors (Lipinski definition) is 1. The summed E-state index contributed by atoms with van der Waals surface area (Å²) in [6, 6.07) is 6.94. The molecule has 102 valence electrons. The Kier molecular flexibility index (Phi) is 3.43. The Labute approximate surface area is 111 Å². The van der Waals surface area contributed by atoms with E-state index in [4.69, 9.17) is 10.5 Å². The molecular formula is C11H14N4O3S. The van der Waals surface area contributed by atoms with E-state index in [9.17, 15) is 8.42 Å². The lowest BCUT2D eigenvalue weighted by Gasteiger charge is -2.00. The summed E-state index contributed by atoms with van der Waals surface area (Å²) >= 11 is 0. The second kappa shape index (κ2) is 4.88. The number of ether oxygens (including phenoxy) is 1. The van der Waals surface area contributed by atoms with Crippen molar-refractivity contribution < 1.29 is 13.2 Å². The van der Waals surface area contributed by atoms with E-state index in [0.717, 1.165) is 4.09 Å². The maximum atomic E-state index is 11.7. The number of benzene rings is 1. The zero-order valence-electron chi connectivity index (χ0n) is 10.6. The highest BCUT2D eigenvalue weighted by Crippen LogP contribution is 2.20. The molecule has 0 atom stereocenters. The molecule has 2 aromatic rings. The Morgan fingerprint density at radius 1 is 1.32 bits per heavy atom. The molecule has 2 N–H and O–H groups in total. The lowest BCUT2D eigenvalue weighted by molar-refractivity contribution is 0.415. The fourth-order valence-corrected chi connectivity index (χ4v) is 2.27. The summed E-state index contributed by atoms with van der Waals surface area (Å²) in [6.45, 7) is 1.52. The van der Waals surface area contributed by atoms with E-state index in [2.05, 4.69) is 10.1 Å². The van der Waals surface area contributed by atoms with Crippen LogP contribution >= 0.6 is 0 Å². The quantitative estimate of drug-likeness (QED) is 0.887. The molecule has 0 amide bonds. The minimum atomic E-state index is -3.54. The summed E-state index contributed by atoms with van der Waals surface area (Å²) in [7, 11) is -1.97. The van der Waals surface area contributed by atoms with Crippen molar-refractivity contribution in [2.24, 2.45) is 0 Å². The topological polar surface area (TPSA) is 100 Å². The summed E-state index contributed by atoms with van der Waals surface area (Å²) in [5.74, 6) is 0.713. The summed E-state index contributed by atoms with van der Waals surface area (Å²) in [6.07, 6.45) is 0. The third-order valence-corrected chi connectivity index (χ3v) is 4.10. The number of nitrogen functional groups attached to an aromatic ring is 1. The highest BCUT2D eigenvalue weighted by molar-refractivity contribution is 7.89. The van der Waals surface area contributed by atoms with E-state index in [-0.39, 0.29) is 17.5 Å². The molecule has 1 aromatic carbocycles. The molecule has 2 rings (SSSR count). The molecule has 0 fully saturated rings. The van der Waals surface area contributed by atoms with E-state index in [0.29, 0.717) is 11.3 Å². The van der Waals surface area contributed by atoms with Crippen LogP contribution in [0.3, 0.4) is 0 Å². The van der Waals surface area contributed by atoms with Crippen LogP contribution in [0, 0.1) is 0 Å². The standard InChI is InChI=1S/C11H14N4O3S/c1-3-19(16,17)15-11(12)13-10(14-15)8-4-6-9(18-2)7-5-8/h4-7H,3H2,1-2H3,(H2,12,13,14). The van der Waals surface area contributed by atoms with Crippen LogP contribution in [0.4, 0.5) is 5.95 Å². The minimum Gasteiger partial charge on any atom is -0.497 e. The zero-order valence-corrected chi connectivity index (χ0v) is 11.4. The molecule has 19 heavy (non-hydrogen) atoms. The minimum absolute atomic E-state index is 0.0946. The Hall–Kier alpha value is -2.09. The summed E-state index contributed by atoms with van der Waals surface area (Å²) < 4.78 is 29.3. The molecule has 0 aliphatic rings. The largest absolute Gasteiger partial charge is 0.497 e. The Morgan fingerprint density at radius 3 is 2.47 bits per heavy atom. The molecule has 8 heteroatoms. The van der Waals surface area contributed by atoms with Gasteiger partial charge < -0.3 is 10.5 Å². The Bertz CT molecular complexity index is 676. The second-order valence-corrected chi connectivity index (χ2v) is 5.85. The third-order valence-electron chi connectivity index (χ3n) is 2.58. The van der Waals surface area contributed by atoms with Crippen LogP contribution in [0.2, 0.25) is 0 Å².